The topological polar surface area (TPSA) is 38.7 Å². The predicted molar refractivity (Wildman–Crippen MR) is 114 cm³/mol. The summed E-state index contributed by atoms with van der Waals surface area (Å²) in [5.41, 5.74) is 0.485. The maximum absolute atomic E-state index is 9.42. The molecule has 156 valence electrons. The summed E-state index contributed by atoms with van der Waals surface area (Å²) in [5.74, 6) is 1.89. The lowest BCUT2D eigenvalue weighted by atomic mass is 9.72. The molecule has 0 aliphatic heterocycles. The SMILES string of the molecule is COC(C)(C)C(C)(C)O.Cc1cccc(OC2CCC(C(C)(C)C)CC2)c1. The summed E-state index contributed by atoms with van der Waals surface area (Å²) in [7, 11) is 1.60. The molecule has 0 heterocycles. The predicted octanol–water partition coefficient (Wildman–Crippen LogP) is 6.16. The third-order valence-electron chi connectivity index (χ3n) is 6.17. The quantitative estimate of drug-likeness (QED) is 0.682. The van der Waals surface area contributed by atoms with Crippen molar-refractivity contribution in [3.8, 4) is 5.75 Å². The van der Waals surface area contributed by atoms with Crippen LogP contribution in [0.5, 0.6) is 5.75 Å². The van der Waals surface area contributed by atoms with Crippen molar-refractivity contribution in [2.45, 2.75) is 98.4 Å². The molecule has 0 unspecified atom stereocenters. The first-order valence-electron chi connectivity index (χ1n) is 10.3. The van der Waals surface area contributed by atoms with Crippen LogP contribution in [0, 0.1) is 18.3 Å². The molecule has 27 heavy (non-hydrogen) atoms. The van der Waals surface area contributed by atoms with Gasteiger partial charge in [0.2, 0.25) is 0 Å². The summed E-state index contributed by atoms with van der Waals surface area (Å²) < 4.78 is 11.1. The molecule has 0 saturated heterocycles. The number of methoxy groups -OCH3 is 1. The van der Waals surface area contributed by atoms with Crippen molar-refractivity contribution in [3.63, 3.8) is 0 Å². The Morgan fingerprint density at radius 3 is 1.85 bits per heavy atom. The Labute approximate surface area is 167 Å². The molecular formula is C24H42O3. The highest BCUT2D eigenvalue weighted by Crippen LogP contribution is 2.38. The zero-order valence-electron chi connectivity index (χ0n) is 19.1. The van der Waals surface area contributed by atoms with Crippen molar-refractivity contribution in [2.24, 2.45) is 11.3 Å². The van der Waals surface area contributed by atoms with Gasteiger partial charge >= 0.3 is 0 Å². The molecule has 1 aliphatic carbocycles. The monoisotopic (exact) mass is 378 g/mol. The van der Waals surface area contributed by atoms with Gasteiger partial charge in [0, 0.05) is 7.11 Å². The molecule has 1 saturated carbocycles. The zero-order chi connectivity index (χ0) is 20.9. The summed E-state index contributed by atoms with van der Waals surface area (Å²) >= 11 is 0. The average molecular weight is 379 g/mol. The second-order valence-corrected chi connectivity index (χ2v) is 10.0. The molecule has 0 aromatic heterocycles. The van der Waals surface area contributed by atoms with E-state index in [1.807, 2.05) is 13.8 Å². The number of rotatable bonds is 4. The standard InChI is InChI=1S/C17H26O.C7H16O2/c1-13-6-5-7-16(12-13)18-15-10-8-14(9-11-15)17(2,3)4;1-6(2,8)7(3,4)9-5/h5-7,12,14-15H,8-11H2,1-4H3;8H,1-5H3. The van der Waals surface area contributed by atoms with Crippen LogP contribution in [0.25, 0.3) is 0 Å². The summed E-state index contributed by atoms with van der Waals surface area (Å²) in [6.45, 7) is 16.4. The van der Waals surface area contributed by atoms with Crippen LogP contribution in [-0.4, -0.2) is 29.5 Å². The Kier molecular flexibility index (Phi) is 8.37. The van der Waals surface area contributed by atoms with Gasteiger partial charge in [-0.15, -0.1) is 0 Å². The minimum absolute atomic E-state index is 0.422. The number of benzene rings is 1. The number of hydrogen-bond donors (Lipinski definition) is 1. The molecule has 1 fully saturated rings. The molecule has 3 heteroatoms. The highest BCUT2D eigenvalue weighted by Gasteiger charge is 2.34. The van der Waals surface area contributed by atoms with Crippen LogP contribution in [0.3, 0.4) is 0 Å². The Balaban J connectivity index is 0.000000345. The van der Waals surface area contributed by atoms with E-state index in [-0.39, 0.29) is 0 Å². The second kappa shape index (κ2) is 9.43. The largest absolute Gasteiger partial charge is 0.490 e. The van der Waals surface area contributed by atoms with Crippen LogP contribution in [-0.2, 0) is 4.74 Å². The van der Waals surface area contributed by atoms with E-state index in [2.05, 4.69) is 52.0 Å². The first-order valence-corrected chi connectivity index (χ1v) is 10.3. The van der Waals surface area contributed by atoms with E-state index in [1.54, 1.807) is 21.0 Å². The van der Waals surface area contributed by atoms with Gasteiger partial charge in [-0.05, 0) is 89.3 Å². The summed E-state index contributed by atoms with van der Waals surface area (Å²) in [5, 5.41) is 9.42. The smallest absolute Gasteiger partial charge is 0.119 e. The van der Waals surface area contributed by atoms with Gasteiger partial charge in [-0.3, -0.25) is 0 Å². The Bertz CT molecular complexity index is 556. The van der Waals surface area contributed by atoms with Crippen molar-refractivity contribution in [2.75, 3.05) is 7.11 Å². The lowest BCUT2D eigenvalue weighted by molar-refractivity contribution is -0.129. The molecule has 0 spiro atoms. The van der Waals surface area contributed by atoms with Gasteiger partial charge in [0.15, 0.2) is 0 Å². The van der Waals surface area contributed by atoms with E-state index in [9.17, 15) is 5.11 Å². The van der Waals surface area contributed by atoms with Gasteiger partial charge in [0.05, 0.1) is 17.3 Å². The molecule has 3 nitrogen and oxygen atoms in total. The van der Waals surface area contributed by atoms with Crippen LogP contribution in [0.15, 0.2) is 24.3 Å². The summed E-state index contributed by atoms with van der Waals surface area (Å²) in [6, 6.07) is 8.40. The molecule has 1 aromatic rings. The van der Waals surface area contributed by atoms with Crippen molar-refractivity contribution < 1.29 is 14.6 Å². The number of ether oxygens (including phenoxy) is 2. The fourth-order valence-electron chi connectivity index (χ4n) is 3.18. The zero-order valence-corrected chi connectivity index (χ0v) is 19.1. The van der Waals surface area contributed by atoms with Gasteiger partial charge in [-0.1, -0.05) is 32.9 Å². The van der Waals surface area contributed by atoms with Crippen molar-refractivity contribution in [3.05, 3.63) is 29.8 Å². The van der Waals surface area contributed by atoms with E-state index in [1.165, 1.54) is 31.2 Å². The Hall–Kier alpha value is -1.06. The van der Waals surface area contributed by atoms with Crippen LogP contribution in [0.1, 0.15) is 79.7 Å². The van der Waals surface area contributed by atoms with Gasteiger partial charge < -0.3 is 14.6 Å². The second-order valence-electron chi connectivity index (χ2n) is 10.0. The van der Waals surface area contributed by atoms with Crippen molar-refractivity contribution >= 4 is 0 Å². The maximum Gasteiger partial charge on any atom is 0.119 e. The van der Waals surface area contributed by atoms with Gasteiger partial charge in [0.25, 0.3) is 0 Å². The number of aryl methyl sites for hydroxylation is 1. The third-order valence-corrected chi connectivity index (χ3v) is 6.17. The molecule has 1 N–H and O–H groups in total. The van der Waals surface area contributed by atoms with Crippen LogP contribution in [0.4, 0.5) is 0 Å². The number of hydrogen-bond acceptors (Lipinski definition) is 3. The molecule has 0 radical (unpaired) electrons. The van der Waals surface area contributed by atoms with Gasteiger partial charge in [-0.2, -0.15) is 0 Å². The third kappa shape index (κ3) is 7.83. The van der Waals surface area contributed by atoms with Crippen molar-refractivity contribution in [1.82, 2.24) is 0 Å². The maximum atomic E-state index is 9.42. The molecule has 0 bridgehead atoms. The van der Waals surface area contributed by atoms with Crippen LogP contribution in [0.2, 0.25) is 0 Å². The van der Waals surface area contributed by atoms with E-state index in [0.29, 0.717) is 11.5 Å². The molecule has 1 aromatic carbocycles. The molecule has 2 rings (SSSR count). The van der Waals surface area contributed by atoms with Gasteiger partial charge in [0.1, 0.15) is 5.75 Å². The van der Waals surface area contributed by atoms with Crippen molar-refractivity contribution in [1.29, 1.82) is 0 Å². The van der Waals surface area contributed by atoms with E-state index < -0.39 is 11.2 Å². The van der Waals surface area contributed by atoms with Gasteiger partial charge in [-0.25, -0.2) is 0 Å². The highest BCUT2D eigenvalue weighted by atomic mass is 16.5. The molecule has 0 amide bonds. The first-order chi connectivity index (χ1) is 12.3. The normalized spacial score (nSPS) is 21.3. The molecular weight excluding hydrogens is 336 g/mol. The lowest BCUT2D eigenvalue weighted by Crippen LogP contribution is -2.46. The number of aliphatic hydroxyl groups is 1. The fourth-order valence-corrected chi connectivity index (χ4v) is 3.18. The Morgan fingerprint density at radius 1 is 0.926 bits per heavy atom. The van der Waals surface area contributed by atoms with E-state index in [0.717, 1.165) is 11.7 Å². The molecule has 1 aliphatic rings. The van der Waals surface area contributed by atoms with Crippen LogP contribution >= 0.6 is 0 Å². The van der Waals surface area contributed by atoms with E-state index in [4.69, 9.17) is 9.47 Å². The highest BCUT2D eigenvalue weighted by molar-refractivity contribution is 5.27. The summed E-state index contributed by atoms with van der Waals surface area (Å²) in [6.07, 6.45) is 5.44. The first kappa shape index (κ1) is 24.0. The minimum atomic E-state index is -0.776. The fraction of sp³-hybridized carbons (Fsp3) is 0.750. The van der Waals surface area contributed by atoms with Crippen LogP contribution < -0.4 is 4.74 Å². The molecule has 0 atom stereocenters. The average Bonchev–Trinajstić information content (AvgIpc) is 2.54. The summed E-state index contributed by atoms with van der Waals surface area (Å²) in [4.78, 5) is 0. The minimum Gasteiger partial charge on any atom is -0.490 e. The lowest BCUT2D eigenvalue weighted by Gasteiger charge is -2.36. The van der Waals surface area contributed by atoms with E-state index >= 15 is 0 Å². The Morgan fingerprint density at radius 2 is 1.48 bits per heavy atom.